The molecule has 4 rings (SSSR count). The fourth-order valence-corrected chi connectivity index (χ4v) is 3.86. The zero-order valence-electron chi connectivity index (χ0n) is 18.7. The van der Waals surface area contributed by atoms with E-state index in [0.717, 1.165) is 27.6 Å². The third-order valence-electron chi connectivity index (χ3n) is 5.49. The van der Waals surface area contributed by atoms with E-state index in [1.165, 1.54) is 0 Å². The van der Waals surface area contributed by atoms with Crippen molar-refractivity contribution >= 4 is 34.5 Å². The number of alkyl carbamates (subject to hydrolysis) is 1. The predicted octanol–water partition coefficient (Wildman–Crippen LogP) is 4.71. The van der Waals surface area contributed by atoms with Crippen LogP contribution in [0.2, 0.25) is 5.15 Å². The minimum absolute atomic E-state index is 0.118. The van der Waals surface area contributed by atoms with E-state index in [1.54, 1.807) is 24.2 Å². The normalized spacial score (nSPS) is 11.7. The molecule has 0 spiro atoms. The van der Waals surface area contributed by atoms with Crippen molar-refractivity contribution in [2.75, 3.05) is 7.05 Å². The molecule has 2 N–H and O–H groups in total. The number of para-hydroxylation sites is 1. The number of nitrogens with one attached hydrogen (secondary N) is 2. The average molecular weight is 477 g/mol. The molecule has 0 aliphatic rings. The van der Waals surface area contributed by atoms with Crippen LogP contribution in [0, 0.1) is 0 Å². The molecule has 174 valence electrons. The van der Waals surface area contributed by atoms with Crippen LogP contribution >= 0.6 is 11.6 Å². The predicted molar refractivity (Wildman–Crippen MR) is 131 cm³/mol. The molecule has 0 aliphatic heterocycles. The van der Waals surface area contributed by atoms with Gasteiger partial charge in [-0.2, -0.15) is 0 Å². The van der Waals surface area contributed by atoms with Crippen molar-refractivity contribution < 1.29 is 14.3 Å². The first kappa shape index (κ1) is 23.3. The zero-order chi connectivity index (χ0) is 23.9. The van der Waals surface area contributed by atoms with Gasteiger partial charge in [0, 0.05) is 43.3 Å². The molecule has 0 fully saturated rings. The summed E-state index contributed by atoms with van der Waals surface area (Å²) in [6.07, 6.45) is 3.16. The quantitative estimate of drug-likeness (QED) is 0.360. The standard InChI is InChI=1S/C26H25ClN4O3/c1-31(16-19-11-12-24(27)29-14-19)25(32)23(13-20-15-28-22-10-6-5-9-21(20)22)30-26(33)34-17-18-7-3-2-4-8-18/h2-12,14-15,23,28H,13,16-17H2,1H3,(H,30,33)/t23-/m0/s1. The van der Waals surface area contributed by atoms with Gasteiger partial charge in [-0.3, -0.25) is 4.79 Å². The molecule has 7 nitrogen and oxygen atoms in total. The Balaban J connectivity index is 1.49. The second-order valence-corrected chi connectivity index (χ2v) is 8.39. The van der Waals surface area contributed by atoms with Crippen molar-refractivity contribution in [1.29, 1.82) is 0 Å². The SMILES string of the molecule is CN(Cc1ccc(Cl)nc1)C(=O)[C@H](Cc1c[nH]c2ccccc12)NC(=O)OCc1ccccc1. The number of carbonyl (C=O) groups excluding carboxylic acids is 2. The van der Waals surface area contributed by atoms with E-state index in [1.807, 2.05) is 66.9 Å². The van der Waals surface area contributed by atoms with Crippen molar-refractivity contribution in [3.63, 3.8) is 0 Å². The van der Waals surface area contributed by atoms with Gasteiger partial charge in [0.05, 0.1) is 0 Å². The van der Waals surface area contributed by atoms with Gasteiger partial charge in [-0.1, -0.05) is 66.2 Å². The average Bonchev–Trinajstić information content (AvgIpc) is 3.26. The van der Waals surface area contributed by atoms with Gasteiger partial charge >= 0.3 is 6.09 Å². The molecule has 1 atom stereocenters. The number of H-pyrrole nitrogens is 1. The molecule has 4 aromatic rings. The van der Waals surface area contributed by atoms with Crippen LogP contribution in [0.3, 0.4) is 0 Å². The monoisotopic (exact) mass is 476 g/mol. The highest BCUT2D eigenvalue weighted by Crippen LogP contribution is 2.20. The molecule has 0 radical (unpaired) electrons. The van der Waals surface area contributed by atoms with Crippen LogP contribution in [-0.4, -0.2) is 40.0 Å². The zero-order valence-corrected chi connectivity index (χ0v) is 19.5. The molecule has 2 aromatic heterocycles. The van der Waals surface area contributed by atoms with Crippen molar-refractivity contribution in [3.05, 3.63) is 101 Å². The molecule has 0 bridgehead atoms. The van der Waals surface area contributed by atoms with Gasteiger partial charge in [-0.05, 0) is 28.8 Å². The highest BCUT2D eigenvalue weighted by molar-refractivity contribution is 6.29. The van der Waals surface area contributed by atoms with Crippen LogP contribution < -0.4 is 5.32 Å². The van der Waals surface area contributed by atoms with Gasteiger partial charge in [0.15, 0.2) is 0 Å². The molecule has 0 unspecified atom stereocenters. The summed E-state index contributed by atoms with van der Waals surface area (Å²) >= 11 is 5.86. The molecule has 2 aromatic carbocycles. The van der Waals surface area contributed by atoms with Gasteiger partial charge in [-0.25, -0.2) is 9.78 Å². The van der Waals surface area contributed by atoms with Crippen molar-refractivity contribution in [2.24, 2.45) is 0 Å². The molecule has 0 saturated heterocycles. The van der Waals surface area contributed by atoms with E-state index >= 15 is 0 Å². The second-order valence-electron chi connectivity index (χ2n) is 8.01. The molecular formula is C26H25ClN4O3. The van der Waals surface area contributed by atoms with Crippen LogP contribution in [0.5, 0.6) is 0 Å². The number of fused-ring (bicyclic) bond motifs is 1. The second kappa shape index (κ2) is 10.9. The maximum absolute atomic E-state index is 13.4. The largest absolute Gasteiger partial charge is 0.445 e. The first-order valence-electron chi connectivity index (χ1n) is 10.9. The van der Waals surface area contributed by atoms with Gasteiger partial charge in [0.2, 0.25) is 5.91 Å². The summed E-state index contributed by atoms with van der Waals surface area (Å²) < 4.78 is 5.37. The molecular weight excluding hydrogens is 452 g/mol. The Morgan fingerprint density at radius 3 is 2.59 bits per heavy atom. The molecule has 8 heteroatoms. The van der Waals surface area contributed by atoms with Gasteiger partial charge < -0.3 is 19.9 Å². The third kappa shape index (κ3) is 5.94. The Labute approximate surface area is 202 Å². The Kier molecular flexibility index (Phi) is 7.44. The van der Waals surface area contributed by atoms with Crippen LogP contribution in [0.25, 0.3) is 10.9 Å². The van der Waals surface area contributed by atoms with Crippen LogP contribution in [0.15, 0.2) is 79.1 Å². The lowest BCUT2D eigenvalue weighted by Crippen LogP contribution is -2.48. The fraction of sp³-hybridized carbons (Fsp3) is 0.192. The Bertz CT molecular complexity index is 1260. The number of aromatic nitrogens is 2. The summed E-state index contributed by atoms with van der Waals surface area (Å²) in [5, 5.41) is 4.15. The van der Waals surface area contributed by atoms with E-state index < -0.39 is 12.1 Å². The maximum atomic E-state index is 13.4. The number of rotatable bonds is 8. The number of halogens is 1. The number of hydrogen-bond donors (Lipinski definition) is 2. The number of hydrogen-bond acceptors (Lipinski definition) is 4. The number of ether oxygens (including phenoxy) is 1. The summed E-state index contributed by atoms with van der Waals surface area (Å²) in [6.45, 7) is 0.446. The van der Waals surface area contributed by atoms with Gasteiger partial charge in [0.1, 0.15) is 17.8 Å². The lowest BCUT2D eigenvalue weighted by molar-refractivity contribution is -0.132. The Morgan fingerprint density at radius 1 is 1.06 bits per heavy atom. The first-order chi connectivity index (χ1) is 16.5. The van der Waals surface area contributed by atoms with Crippen LogP contribution in [-0.2, 0) is 29.1 Å². The van der Waals surface area contributed by atoms with E-state index in [4.69, 9.17) is 16.3 Å². The Hall–Kier alpha value is -3.84. The summed E-state index contributed by atoms with van der Waals surface area (Å²) in [5.74, 6) is -0.239. The van der Waals surface area contributed by atoms with Gasteiger partial charge in [0.25, 0.3) is 0 Å². The number of carbonyl (C=O) groups is 2. The third-order valence-corrected chi connectivity index (χ3v) is 5.71. The smallest absolute Gasteiger partial charge is 0.408 e. The van der Waals surface area contributed by atoms with E-state index in [9.17, 15) is 9.59 Å². The van der Waals surface area contributed by atoms with E-state index in [-0.39, 0.29) is 12.5 Å². The van der Waals surface area contributed by atoms with Crippen molar-refractivity contribution in [1.82, 2.24) is 20.2 Å². The lowest BCUT2D eigenvalue weighted by atomic mass is 10.0. The summed E-state index contributed by atoms with van der Waals surface area (Å²) in [7, 11) is 1.69. The molecule has 34 heavy (non-hydrogen) atoms. The molecule has 2 amide bonds. The number of likely N-dealkylation sites (N-methyl/N-ethyl adjacent to an activating group) is 1. The number of aromatic amines is 1. The summed E-state index contributed by atoms with van der Waals surface area (Å²) in [4.78, 5) is 34.8. The highest BCUT2D eigenvalue weighted by atomic mass is 35.5. The van der Waals surface area contributed by atoms with Crippen molar-refractivity contribution in [3.8, 4) is 0 Å². The fourth-order valence-electron chi connectivity index (χ4n) is 3.75. The minimum Gasteiger partial charge on any atom is -0.445 e. The lowest BCUT2D eigenvalue weighted by Gasteiger charge is -2.24. The van der Waals surface area contributed by atoms with Gasteiger partial charge in [-0.15, -0.1) is 0 Å². The topological polar surface area (TPSA) is 87.3 Å². The summed E-state index contributed by atoms with van der Waals surface area (Å²) in [6, 6.07) is 19.9. The molecule has 0 saturated carbocycles. The van der Waals surface area contributed by atoms with Crippen LogP contribution in [0.1, 0.15) is 16.7 Å². The highest BCUT2D eigenvalue weighted by Gasteiger charge is 2.26. The van der Waals surface area contributed by atoms with E-state index in [0.29, 0.717) is 18.1 Å². The van der Waals surface area contributed by atoms with E-state index in [2.05, 4.69) is 15.3 Å². The van der Waals surface area contributed by atoms with Crippen LogP contribution in [0.4, 0.5) is 4.79 Å². The first-order valence-corrected chi connectivity index (χ1v) is 11.2. The maximum Gasteiger partial charge on any atom is 0.408 e. The van der Waals surface area contributed by atoms with Crippen molar-refractivity contribution in [2.45, 2.75) is 25.6 Å². The molecule has 0 aliphatic carbocycles. The minimum atomic E-state index is -0.812. The Morgan fingerprint density at radius 2 is 1.82 bits per heavy atom. The number of benzene rings is 2. The number of amides is 2. The molecule has 2 heterocycles. The number of pyridine rings is 1. The number of nitrogens with zero attached hydrogens (tertiary/aromatic N) is 2. The summed E-state index contributed by atoms with van der Waals surface area (Å²) in [5.41, 5.74) is 3.59.